The molecule has 2 fully saturated rings. The number of carboxylic acids is 1. The number of carboxylic acid groups (broad SMARTS) is 1. The highest BCUT2D eigenvalue weighted by atomic mass is 19.2. The summed E-state index contributed by atoms with van der Waals surface area (Å²) in [4.78, 5) is 42.3. The van der Waals surface area contributed by atoms with Gasteiger partial charge in [0.2, 0.25) is 5.82 Å². The number of piperazine rings is 1. The summed E-state index contributed by atoms with van der Waals surface area (Å²) in [5, 5.41) is 32.9. The fourth-order valence-electron chi connectivity index (χ4n) is 6.96. The molecule has 0 unspecified atom stereocenters. The summed E-state index contributed by atoms with van der Waals surface area (Å²) >= 11 is 0. The summed E-state index contributed by atoms with van der Waals surface area (Å²) < 4.78 is 46.6. The van der Waals surface area contributed by atoms with Gasteiger partial charge in [0, 0.05) is 37.3 Å². The van der Waals surface area contributed by atoms with E-state index in [0.29, 0.717) is 43.9 Å². The first-order chi connectivity index (χ1) is 24.9. The van der Waals surface area contributed by atoms with Crippen LogP contribution in [0.3, 0.4) is 0 Å². The van der Waals surface area contributed by atoms with Crippen molar-refractivity contribution < 1.29 is 47.6 Å². The van der Waals surface area contributed by atoms with Crippen LogP contribution in [0.4, 0.5) is 13.2 Å². The fraction of sp³-hybridized carbons (Fsp3) is 0.410. The van der Waals surface area contributed by atoms with E-state index in [9.17, 15) is 37.8 Å². The Kier molecular flexibility index (Phi) is 11.3. The fourth-order valence-corrected chi connectivity index (χ4v) is 6.96. The number of carbonyl (C=O) groups is 3. The van der Waals surface area contributed by atoms with Gasteiger partial charge in [0.25, 0.3) is 11.8 Å². The van der Waals surface area contributed by atoms with Crippen molar-refractivity contribution in [2.45, 2.75) is 75.8 Å². The van der Waals surface area contributed by atoms with Gasteiger partial charge in [-0.1, -0.05) is 54.1 Å². The predicted octanol–water partition coefficient (Wildman–Crippen LogP) is 3.79. The second-order valence-corrected chi connectivity index (χ2v) is 13.8. The van der Waals surface area contributed by atoms with Crippen LogP contribution in [0.1, 0.15) is 47.9 Å². The monoisotopic (exact) mass is 721 g/mol. The number of hydrogen-bond donors (Lipinski definition) is 4. The molecule has 1 aliphatic carbocycles. The number of amides is 2. The maximum atomic E-state index is 14.6. The van der Waals surface area contributed by atoms with E-state index in [4.69, 9.17) is 9.84 Å². The average Bonchev–Trinajstić information content (AvgIpc) is 3.98. The molecule has 3 aromatic rings. The smallest absolute Gasteiger partial charge is 0.335 e. The Morgan fingerprint density at radius 3 is 2.23 bits per heavy atom. The van der Waals surface area contributed by atoms with Crippen molar-refractivity contribution in [3.63, 3.8) is 0 Å². The molecule has 1 saturated heterocycles. The summed E-state index contributed by atoms with van der Waals surface area (Å²) in [7, 11) is 0. The van der Waals surface area contributed by atoms with Gasteiger partial charge in [0.05, 0.1) is 12.6 Å². The van der Waals surface area contributed by atoms with E-state index < -0.39 is 53.3 Å². The number of aliphatic carboxylic acids is 1. The number of nitrogens with one attached hydrogen (secondary N) is 1. The topological polar surface area (TPSA) is 140 Å². The molecule has 0 aromatic heterocycles. The zero-order valence-electron chi connectivity index (χ0n) is 28.7. The third-order valence-corrected chi connectivity index (χ3v) is 9.92. The van der Waals surface area contributed by atoms with E-state index in [0.717, 1.165) is 46.7 Å². The predicted molar refractivity (Wildman–Crippen MR) is 185 cm³/mol. The van der Waals surface area contributed by atoms with Crippen LogP contribution in [0.15, 0.2) is 66.2 Å². The number of fused-ring (bicyclic) bond motifs is 2. The van der Waals surface area contributed by atoms with Crippen LogP contribution in [0.2, 0.25) is 0 Å². The normalized spacial score (nSPS) is 19.6. The van der Waals surface area contributed by atoms with E-state index in [2.05, 4.69) is 17.4 Å². The van der Waals surface area contributed by atoms with Crippen LogP contribution in [-0.4, -0.2) is 99.5 Å². The Balaban J connectivity index is 1.23. The van der Waals surface area contributed by atoms with Crippen molar-refractivity contribution >= 4 is 23.4 Å². The maximum Gasteiger partial charge on any atom is 0.335 e. The van der Waals surface area contributed by atoms with Gasteiger partial charge >= 0.3 is 5.97 Å². The van der Waals surface area contributed by atoms with Gasteiger partial charge < -0.3 is 35.2 Å². The van der Waals surface area contributed by atoms with Crippen molar-refractivity contribution in [3.05, 3.63) is 106 Å². The van der Waals surface area contributed by atoms with Gasteiger partial charge in [-0.3, -0.25) is 9.59 Å². The van der Waals surface area contributed by atoms with E-state index >= 15 is 0 Å². The molecule has 0 radical (unpaired) electrons. The molecule has 0 spiro atoms. The van der Waals surface area contributed by atoms with Gasteiger partial charge in [-0.25, -0.2) is 13.6 Å². The molecule has 3 aliphatic rings. The Morgan fingerprint density at radius 1 is 0.904 bits per heavy atom. The zero-order valence-corrected chi connectivity index (χ0v) is 28.7. The van der Waals surface area contributed by atoms with Crippen molar-refractivity contribution in [2.75, 3.05) is 26.2 Å². The number of hydrogen-bond acceptors (Lipinski definition) is 7. The Labute approximate surface area is 299 Å². The van der Waals surface area contributed by atoms with Crippen molar-refractivity contribution in [1.29, 1.82) is 0 Å². The van der Waals surface area contributed by atoms with Crippen LogP contribution >= 0.6 is 0 Å². The molecule has 2 heterocycles. The third kappa shape index (κ3) is 8.32. The van der Waals surface area contributed by atoms with Crippen LogP contribution in [-0.2, 0) is 27.2 Å². The lowest BCUT2D eigenvalue weighted by atomic mass is 9.82. The summed E-state index contributed by atoms with van der Waals surface area (Å²) in [6, 6.07) is 16.5. The van der Waals surface area contributed by atoms with Crippen molar-refractivity contribution in [2.24, 2.45) is 0 Å². The highest BCUT2D eigenvalue weighted by Crippen LogP contribution is 2.37. The maximum absolute atomic E-state index is 14.6. The molecule has 10 nitrogen and oxygen atoms in total. The molecule has 4 N–H and O–H groups in total. The summed E-state index contributed by atoms with van der Waals surface area (Å²) in [5.41, 5.74) is 5.30. The molecule has 6 rings (SSSR count). The lowest BCUT2D eigenvalue weighted by Crippen LogP contribution is -2.64. The van der Waals surface area contributed by atoms with Gasteiger partial charge in [-0.05, 0) is 79.8 Å². The molecule has 3 aromatic carbocycles. The number of aryl methyl sites for hydroxylation is 2. The van der Waals surface area contributed by atoms with Gasteiger partial charge in [0.15, 0.2) is 29.6 Å². The van der Waals surface area contributed by atoms with Gasteiger partial charge in [0.1, 0.15) is 0 Å². The van der Waals surface area contributed by atoms with E-state index in [1.165, 1.54) is 4.90 Å². The largest absolute Gasteiger partial charge is 0.488 e. The Hall–Kier alpha value is -4.72. The number of aliphatic hydroxyl groups is 2. The first-order valence-corrected chi connectivity index (χ1v) is 17.5. The average molecular weight is 722 g/mol. The standard InChI is InChI=1S/C39H42F3N3O7/c1-22-4-6-24(7-5-22)16-17-45(27-12-13-27)37(48)32-28(19-26-20-44(21-31(32)43-26)38(49)34(46)35(47)39(50)51)25-10-8-23(9-11-25)3-2-18-52-36-30(41)15-14-29(40)33(36)42/h4-11,14-15,26-27,31,34-35,43,46-47H,2-3,12-13,16-21H2,1H3,(H,50,51)/t26-,31-,34+,35+/m1/s1. The number of ether oxygens (including phenoxy) is 1. The number of nitrogens with zero attached hydrogens (tertiary/aromatic N) is 2. The van der Waals surface area contributed by atoms with Crippen LogP contribution in [0, 0.1) is 24.4 Å². The minimum Gasteiger partial charge on any atom is -0.488 e. The molecule has 13 heteroatoms. The van der Waals surface area contributed by atoms with Crippen LogP contribution in [0.5, 0.6) is 5.75 Å². The molecule has 4 atom stereocenters. The first kappa shape index (κ1) is 37.1. The highest BCUT2D eigenvalue weighted by molar-refractivity contribution is 6.03. The molecule has 2 amide bonds. The molecule has 2 bridgehead atoms. The molecule has 1 saturated carbocycles. The molecule has 276 valence electrons. The van der Waals surface area contributed by atoms with E-state index in [1.807, 2.05) is 48.2 Å². The van der Waals surface area contributed by atoms with Crippen LogP contribution in [0.25, 0.3) is 5.57 Å². The quantitative estimate of drug-likeness (QED) is 0.146. The van der Waals surface area contributed by atoms with Gasteiger partial charge in [-0.15, -0.1) is 0 Å². The summed E-state index contributed by atoms with van der Waals surface area (Å²) in [6.45, 7) is 2.60. The number of rotatable bonds is 14. The number of halogens is 3. The molecule has 2 aliphatic heterocycles. The first-order valence-electron chi connectivity index (χ1n) is 17.5. The van der Waals surface area contributed by atoms with Crippen molar-refractivity contribution in [3.8, 4) is 5.75 Å². The lowest BCUT2D eigenvalue weighted by Gasteiger charge is -2.45. The highest BCUT2D eigenvalue weighted by Gasteiger charge is 2.45. The van der Waals surface area contributed by atoms with Crippen LogP contribution < -0.4 is 10.1 Å². The number of benzene rings is 3. The number of aliphatic hydroxyl groups excluding tert-OH is 2. The van der Waals surface area contributed by atoms with E-state index in [1.54, 1.807) is 0 Å². The second-order valence-electron chi connectivity index (χ2n) is 13.8. The minimum atomic E-state index is -2.28. The third-order valence-electron chi connectivity index (χ3n) is 9.92. The number of carbonyl (C=O) groups excluding carboxylic acids is 2. The van der Waals surface area contributed by atoms with Gasteiger partial charge in [-0.2, -0.15) is 4.39 Å². The second kappa shape index (κ2) is 15.9. The lowest BCUT2D eigenvalue weighted by molar-refractivity contribution is -0.163. The Bertz CT molecular complexity index is 1830. The van der Waals surface area contributed by atoms with E-state index in [-0.39, 0.29) is 37.7 Å². The summed E-state index contributed by atoms with van der Waals surface area (Å²) in [6.07, 6.45) is -0.740. The Morgan fingerprint density at radius 2 is 1.56 bits per heavy atom. The SMILES string of the molecule is Cc1ccc(CCN(C(=O)C2=C(c3ccc(CCCOc4c(F)ccc(F)c4F)cc3)C[C@@H]3CN(C(=O)[C@@H](O)[C@H](O)C(=O)O)C[C@H]2N3)C2CC2)cc1. The molecule has 52 heavy (non-hydrogen) atoms. The molecular formula is C39H42F3N3O7. The summed E-state index contributed by atoms with van der Waals surface area (Å²) in [5.74, 6) is -7.08. The minimum absolute atomic E-state index is 0.00956. The molecular weight excluding hydrogens is 679 g/mol. The van der Waals surface area contributed by atoms with Crippen molar-refractivity contribution in [1.82, 2.24) is 15.1 Å². The zero-order chi connectivity index (χ0) is 37.1.